The highest BCUT2D eigenvalue weighted by Gasteiger charge is 2.36. The maximum Gasteiger partial charge on any atom is 0.407 e. The summed E-state index contributed by atoms with van der Waals surface area (Å²) in [5, 5.41) is 13.2. The van der Waals surface area contributed by atoms with Crippen LogP contribution in [0.3, 0.4) is 0 Å². The van der Waals surface area contributed by atoms with E-state index in [9.17, 15) is 14.3 Å². The fourth-order valence-electron chi connectivity index (χ4n) is 3.38. The smallest absolute Gasteiger partial charge is 0.407 e. The Hall–Kier alpha value is -1.62. The summed E-state index contributed by atoms with van der Waals surface area (Å²) in [6.07, 6.45) is 2.54. The largest absolute Gasteiger partial charge is 0.465 e. The second-order valence-electron chi connectivity index (χ2n) is 7.35. The lowest BCUT2D eigenvalue weighted by atomic mass is 10.0. The number of hydrogen-bond acceptors (Lipinski definition) is 2. The summed E-state index contributed by atoms with van der Waals surface area (Å²) < 4.78 is 13.3. The maximum absolute atomic E-state index is 13.3. The number of hydrogen-bond donors (Lipinski definition) is 2. The number of amides is 1. The summed E-state index contributed by atoms with van der Waals surface area (Å²) in [5.74, 6) is -0.280. The van der Waals surface area contributed by atoms with Crippen LogP contribution in [0.25, 0.3) is 0 Å². The van der Waals surface area contributed by atoms with Gasteiger partial charge in [0.1, 0.15) is 5.82 Å². The average molecular weight is 322 g/mol. The van der Waals surface area contributed by atoms with E-state index < -0.39 is 6.09 Å². The van der Waals surface area contributed by atoms with Gasteiger partial charge in [0.05, 0.1) is 6.04 Å². The van der Waals surface area contributed by atoms with Crippen molar-refractivity contribution in [3.05, 3.63) is 35.6 Å². The average Bonchev–Trinajstić information content (AvgIpc) is 2.84. The van der Waals surface area contributed by atoms with Gasteiger partial charge >= 0.3 is 6.09 Å². The maximum atomic E-state index is 13.3. The number of carboxylic acid groups (broad SMARTS) is 1. The lowest BCUT2D eigenvalue weighted by molar-refractivity contribution is 0.113. The Morgan fingerprint density at radius 3 is 2.74 bits per heavy atom. The minimum absolute atomic E-state index is 0.0136. The molecule has 2 rings (SSSR count). The molecule has 1 amide bonds. The molecule has 0 radical (unpaired) electrons. The van der Waals surface area contributed by atoms with Crippen molar-refractivity contribution in [3.8, 4) is 0 Å². The van der Waals surface area contributed by atoms with Gasteiger partial charge in [-0.3, -0.25) is 0 Å². The van der Waals surface area contributed by atoms with Gasteiger partial charge in [-0.15, -0.1) is 0 Å². The highest BCUT2D eigenvalue weighted by atomic mass is 19.1. The van der Waals surface area contributed by atoms with Crippen LogP contribution in [0.1, 0.15) is 45.6 Å². The zero-order chi connectivity index (χ0) is 17.0. The standard InChI is InChI=1S/C18H27FN2O2/c1-18(2,3)20-15-8-5-9-16(15)21(17(22)23)11-10-13-6-4-7-14(19)12-13/h4,6-7,12,15-16,20H,5,8-11H2,1-3H3,(H,22,23). The number of rotatable bonds is 5. The van der Waals surface area contributed by atoms with Gasteiger partial charge in [0.2, 0.25) is 0 Å². The Morgan fingerprint density at radius 2 is 2.13 bits per heavy atom. The number of nitrogens with one attached hydrogen (secondary N) is 1. The van der Waals surface area contributed by atoms with Crippen LogP contribution in [0, 0.1) is 5.82 Å². The molecular weight excluding hydrogens is 295 g/mol. The van der Waals surface area contributed by atoms with Crippen LogP contribution in [-0.2, 0) is 6.42 Å². The van der Waals surface area contributed by atoms with Crippen LogP contribution in [0.15, 0.2) is 24.3 Å². The lowest BCUT2D eigenvalue weighted by Crippen LogP contribution is -2.54. The van der Waals surface area contributed by atoms with Gasteiger partial charge in [-0.1, -0.05) is 12.1 Å². The van der Waals surface area contributed by atoms with Crippen LogP contribution >= 0.6 is 0 Å². The molecular formula is C18H27FN2O2. The molecule has 1 fully saturated rings. The molecule has 23 heavy (non-hydrogen) atoms. The van der Waals surface area contributed by atoms with E-state index in [4.69, 9.17) is 0 Å². The summed E-state index contributed by atoms with van der Waals surface area (Å²) in [6.45, 7) is 6.69. The van der Waals surface area contributed by atoms with Crippen molar-refractivity contribution in [1.29, 1.82) is 0 Å². The van der Waals surface area contributed by atoms with Gasteiger partial charge in [0.25, 0.3) is 0 Å². The van der Waals surface area contributed by atoms with Crippen molar-refractivity contribution in [2.24, 2.45) is 0 Å². The first kappa shape index (κ1) is 17.7. The van der Waals surface area contributed by atoms with E-state index in [2.05, 4.69) is 26.1 Å². The Labute approximate surface area is 137 Å². The van der Waals surface area contributed by atoms with Crippen molar-refractivity contribution in [3.63, 3.8) is 0 Å². The SMILES string of the molecule is CC(C)(C)NC1CCCC1N(CCc1cccc(F)c1)C(=O)O. The van der Waals surface area contributed by atoms with Crippen LogP contribution in [0.2, 0.25) is 0 Å². The van der Waals surface area contributed by atoms with Crippen LogP contribution in [0.5, 0.6) is 0 Å². The Bertz CT molecular complexity index is 542. The molecule has 0 aromatic heterocycles. The first-order chi connectivity index (χ1) is 10.8. The molecule has 1 aromatic carbocycles. The quantitative estimate of drug-likeness (QED) is 0.870. The van der Waals surface area contributed by atoms with E-state index in [0.29, 0.717) is 13.0 Å². The summed E-state index contributed by atoms with van der Waals surface area (Å²) in [5.41, 5.74) is 0.787. The lowest BCUT2D eigenvalue weighted by Gasteiger charge is -2.35. The molecule has 1 saturated carbocycles. The van der Waals surface area contributed by atoms with E-state index in [1.54, 1.807) is 6.07 Å². The monoisotopic (exact) mass is 322 g/mol. The summed E-state index contributed by atoms with van der Waals surface area (Å²) in [7, 11) is 0. The van der Waals surface area contributed by atoms with Gasteiger partial charge in [-0.05, 0) is 64.2 Å². The minimum Gasteiger partial charge on any atom is -0.465 e. The molecule has 2 N–H and O–H groups in total. The third kappa shape index (κ3) is 5.20. The summed E-state index contributed by atoms with van der Waals surface area (Å²) >= 11 is 0. The third-order valence-corrected chi connectivity index (χ3v) is 4.27. The van der Waals surface area contributed by atoms with Crippen molar-refractivity contribution in [1.82, 2.24) is 10.2 Å². The molecule has 5 heteroatoms. The fourth-order valence-corrected chi connectivity index (χ4v) is 3.38. The number of nitrogens with zero attached hydrogens (tertiary/aromatic N) is 1. The van der Waals surface area contributed by atoms with Gasteiger partial charge in [0.15, 0.2) is 0 Å². The van der Waals surface area contributed by atoms with Crippen molar-refractivity contribution in [2.45, 2.75) is 64.1 Å². The van der Waals surface area contributed by atoms with Gasteiger partial charge in [-0.2, -0.15) is 0 Å². The van der Waals surface area contributed by atoms with Crippen molar-refractivity contribution < 1.29 is 14.3 Å². The molecule has 2 unspecified atom stereocenters. The van der Waals surface area contributed by atoms with E-state index in [-0.39, 0.29) is 23.4 Å². The summed E-state index contributed by atoms with van der Waals surface area (Å²) in [4.78, 5) is 13.2. The Morgan fingerprint density at radius 1 is 1.39 bits per heavy atom. The molecule has 0 spiro atoms. The molecule has 2 atom stereocenters. The predicted molar refractivity (Wildman–Crippen MR) is 89.2 cm³/mol. The molecule has 0 bridgehead atoms. The second kappa shape index (κ2) is 7.30. The highest BCUT2D eigenvalue weighted by molar-refractivity contribution is 5.65. The molecule has 128 valence electrons. The van der Waals surface area contributed by atoms with E-state index in [1.807, 2.05) is 6.07 Å². The highest BCUT2D eigenvalue weighted by Crippen LogP contribution is 2.26. The minimum atomic E-state index is -0.894. The van der Waals surface area contributed by atoms with E-state index in [0.717, 1.165) is 24.8 Å². The molecule has 0 heterocycles. The van der Waals surface area contributed by atoms with Crippen LogP contribution in [-0.4, -0.2) is 40.3 Å². The molecule has 0 saturated heterocycles. The zero-order valence-electron chi connectivity index (χ0n) is 14.2. The zero-order valence-corrected chi connectivity index (χ0v) is 14.2. The number of benzene rings is 1. The van der Waals surface area contributed by atoms with Gasteiger partial charge in [-0.25, -0.2) is 9.18 Å². The molecule has 1 aliphatic rings. The first-order valence-electron chi connectivity index (χ1n) is 8.28. The third-order valence-electron chi connectivity index (χ3n) is 4.27. The number of carbonyl (C=O) groups is 1. The van der Waals surface area contributed by atoms with Crippen LogP contribution < -0.4 is 5.32 Å². The molecule has 1 aliphatic carbocycles. The van der Waals surface area contributed by atoms with Gasteiger partial charge in [0, 0.05) is 18.1 Å². The molecule has 4 nitrogen and oxygen atoms in total. The van der Waals surface area contributed by atoms with Gasteiger partial charge < -0.3 is 15.3 Å². The Kier molecular flexibility index (Phi) is 5.63. The van der Waals surface area contributed by atoms with E-state index >= 15 is 0 Å². The topological polar surface area (TPSA) is 52.6 Å². The second-order valence-corrected chi connectivity index (χ2v) is 7.35. The van der Waals surface area contributed by atoms with E-state index in [1.165, 1.54) is 17.0 Å². The van der Waals surface area contributed by atoms with Crippen molar-refractivity contribution >= 4 is 6.09 Å². The Balaban J connectivity index is 2.04. The first-order valence-corrected chi connectivity index (χ1v) is 8.28. The fraction of sp³-hybridized carbons (Fsp3) is 0.611. The summed E-state index contributed by atoms with van der Waals surface area (Å²) in [6, 6.07) is 6.54. The molecule has 1 aromatic rings. The normalized spacial score (nSPS) is 21.4. The predicted octanol–water partition coefficient (Wildman–Crippen LogP) is 3.66. The number of halogens is 1. The molecule has 0 aliphatic heterocycles. The van der Waals surface area contributed by atoms with Crippen LogP contribution in [0.4, 0.5) is 9.18 Å². The van der Waals surface area contributed by atoms with Crippen molar-refractivity contribution in [2.75, 3.05) is 6.54 Å².